The van der Waals surface area contributed by atoms with Gasteiger partial charge < -0.3 is 68.2 Å². The first kappa shape index (κ1) is 49.6. The number of nitrogens with two attached hydrogens (primary N) is 1. The van der Waals surface area contributed by atoms with E-state index in [0.717, 1.165) is 20.8 Å². The summed E-state index contributed by atoms with van der Waals surface area (Å²) in [5.41, 5.74) is 7.01. The zero-order valence-electron chi connectivity index (χ0n) is 32.1. The number of aromatic amines is 1. The van der Waals surface area contributed by atoms with Gasteiger partial charge >= 0.3 is 11.9 Å². The fourth-order valence-electron chi connectivity index (χ4n) is 4.83. The third kappa shape index (κ3) is 18.9. The van der Waals surface area contributed by atoms with E-state index in [4.69, 9.17) is 20.7 Å². The highest BCUT2D eigenvalue weighted by molar-refractivity contribution is 5.96. The van der Waals surface area contributed by atoms with E-state index in [1.54, 1.807) is 30.3 Å². The minimum atomic E-state index is -1.72. The van der Waals surface area contributed by atoms with E-state index in [2.05, 4.69) is 41.9 Å². The largest absolute Gasteiger partial charge is 0.481 e. The topological polar surface area (TPSA) is 382 Å². The Kier molecular flexibility index (Phi) is 21.3. The number of aliphatic hydroxyl groups is 2. The van der Waals surface area contributed by atoms with E-state index < -0.39 is 121 Å². The van der Waals surface area contributed by atoms with Gasteiger partial charge in [0.1, 0.15) is 24.2 Å². The predicted molar refractivity (Wildman–Crippen MR) is 200 cm³/mol. The lowest BCUT2D eigenvalue weighted by Crippen LogP contribution is -2.60. The summed E-state index contributed by atoms with van der Waals surface area (Å²) in [6.45, 7) is 3.88. The summed E-state index contributed by atoms with van der Waals surface area (Å²) in [7, 11) is 0. The zero-order chi connectivity index (χ0) is 44.1. The number of carbonyl (C=O) groups excluding carboxylic acids is 6. The molecule has 0 aliphatic heterocycles. The molecule has 8 unspecified atom stereocenters. The van der Waals surface area contributed by atoms with Crippen molar-refractivity contribution in [3.8, 4) is 0 Å². The van der Waals surface area contributed by atoms with Crippen LogP contribution in [-0.2, 0) is 56.0 Å². The molecule has 1 heterocycles. The van der Waals surface area contributed by atoms with Gasteiger partial charge in [0.25, 0.3) is 5.97 Å². The SMILES string of the molecule is CC(=O)O.CC(NC(=O)C(N)Cc1cnc[nH]1)C(=O)NC(CCC(=O)O)C(=O)NCC(=O)NC(C(=O)NC(Cc1ccccc1)C(=O)NC(C(=O)O)C(C)O)C(C)O. The number of carbonyl (C=O) groups is 9. The van der Waals surface area contributed by atoms with Crippen LogP contribution < -0.4 is 37.6 Å². The van der Waals surface area contributed by atoms with Crippen LogP contribution in [0.4, 0.5) is 0 Å². The minimum Gasteiger partial charge on any atom is -0.481 e. The molecule has 0 saturated heterocycles. The van der Waals surface area contributed by atoms with E-state index in [0.29, 0.717) is 11.3 Å². The zero-order valence-corrected chi connectivity index (χ0v) is 32.1. The maximum atomic E-state index is 13.3. The summed E-state index contributed by atoms with van der Waals surface area (Å²) in [4.78, 5) is 116. The summed E-state index contributed by atoms with van der Waals surface area (Å²) in [6, 6.07) is -0.306. The highest BCUT2D eigenvalue weighted by Gasteiger charge is 2.33. The number of aliphatic carboxylic acids is 3. The molecule has 8 atom stereocenters. The van der Waals surface area contributed by atoms with Crippen molar-refractivity contribution in [2.75, 3.05) is 6.54 Å². The molecule has 0 bridgehead atoms. The molecular formula is C35H51N9O14. The van der Waals surface area contributed by atoms with Crippen LogP contribution in [0.3, 0.4) is 0 Å². The molecule has 23 nitrogen and oxygen atoms in total. The molecule has 0 radical (unpaired) electrons. The first-order valence-corrected chi connectivity index (χ1v) is 17.7. The standard InChI is InChI=1S/C33H47N9O12.C2H4O2/c1-16(38-29(49)21(34)12-20-13-35-15-37-20)28(48)39-22(9-10-25(46)47)30(50)36-14-24(45)41-26(17(2)43)32(52)40-23(11-19-7-5-4-6-8-19)31(51)42-27(18(3)44)33(53)54;1-2(3)4/h4-8,13,15-18,21-23,26-27,43-44H,9-12,14,34H2,1-3H3,(H,35,37)(H,36,50)(H,38,49)(H,39,48)(H,40,52)(H,41,45)(H,42,51)(H,46,47)(H,53,54);1H3,(H,3,4). The fraction of sp³-hybridized carbons (Fsp3) is 0.486. The Hall–Kier alpha value is -6.46. The maximum absolute atomic E-state index is 13.3. The molecule has 0 saturated carbocycles. The number of H-pyrrole nitrogens is 1. The molecule has 23 heteroatoms. The second kappa shape index (κ2) is 24.9. The number of hydrogen-bond donors (Lipinski definition) is 13. The molecule has 1 aromatic carbocycles. The van der Waals surface area contributed by atoms with Crippen LogP contribution in [0.2, 0.25) is 0 Å². The van der Waals surface area contributed by atoms with Crippen LogP contribution in [0.25, 0.3) is 0 Å². The van der Waals surface area contributed by atoms with Crippen LogP contribution in [0.15, 0.2) is 42.9 Å². The number of carboxylic acid groups (broad SMARTS) is 3. The van der Waals surface area contributed by atoms with Gasteiger partial charge in [-0.05, 0) is 32.8 Å². The fourth-order valence-corrected chi connectivity index (χ4v) is 4.83. The maximum Gasteiger partial charge on any atom is 0.328 e. The van der Waals surface area contributed by atoms with Crippen molar-refractivity contribution in [3.63, 3.8) is 0 Å². The number of hydrogen-bond acceptors (Lipinski definition) is 13. The number of rotatable bonds is 22. The lowest BCUT2D eigenvalue weighted by molar-refractivity contribution is -0.145. The van der Waals surface area contributed by atoms with Crippen LogP contribution in [0, 0.1) is 0 Å². The molecule has 0 fully saturated rings. The van der Waals surface area contributed by atoms with Gasteiger partial charge in [-0.2, -0.15) is 0 Å². The Morgan fingerprint density at radius 3 is 1.83 bits per heavy atom. The number of amides is 6. The molecule has 0 aliphatic carbocycles. The summed E-state index contributed by atoms with van der Waals surface area (Å²) >= 11 is 0. The number of nitrogens with zero attached hydrogens (tertiary/aromatic N) is 1. The first-order chi connectivity index (χ1) is 27.1. The van der Waals surface area contributed by atoms with Crippen LogP contribution in [0.1, 0.15) is 51.8 Å². The van der Waals surface area contributed by atoms with E-state index in [1.165, 1.54) is 19.4 Å². The number of carboxylic acids is 3. The molecule has 0 spiro atoms. The van der Waals surface area contributed by atoms with Crippen molar-refractivity contribution in [2.24, 2.45) is 5.73 Å². The highest BCUT2D eigenvalue weighted by atomic mass is 16.4. The molecule has 2 rings (SSSR count). The normalized spacial score (nSPS) is 14.7. The second-order valence-corrected chi connectivity index (χ2v) is 12.9. The summed E-state index contributed by atoms with van der Waals surface area (Å²) in [6.07, 6.45) is -1.21. The third-order valence-corrected chi connectivity index (χ3v) is 7.83. The van der Waals surface area contributed by atoms with Crippen molar-refractivity contribution in [2.45, 2.75) is 102 Å². The molecule has 14 N–H and O–H groups in total. The Morgan fingerprint density at radius 1 is 0.724 bits per heavy atom. The van der Waals surface area contributed by atoms with E-state index in [9.17, 15) is 53.7 Å². The van der Waals surface area contributed by atoms with E-state index in [1.807, 2.05) is 0 Å². The quantitative estimate of drug-likeness (QED) is 0.0537. The van der Waals surface area contributed by atoms with Crippen LogP contribution in [0.5, 0.6) is 0 Å². The van der Waals surface area contributed by atoms with Crippen molar-refractivity contribution in [1.82, 2.24) is 41.9 Å². The molecule has 0 aliphatic rings. The molecule has 6 amide bonds. The van der Waals surface area contributed by atoms with Crippen LogP contribution >= 0.6 is 0 Å². The average Bonchev–Trinajstić information content (AvgIpc) is 3.65. The number of benzene rings is 1. The Labute approximate surface area is 331 Å². The van der Waals surface area contributed by atoms with Crippen molar-refractivity contribution < 1.29 is 68.7 Å². The van der Waals surface area contributed by atoms with Gasteiger partial charge in [-0.15, -0.1) is 0 Å². The van der Waals surface area contributed by atoms with Gasteiger partial charge in [-0.3, -0.25) is 38.4 Å². The number of nitrogens with one attached hydrogen (secondary N) is 7. The van der Waals surface area contributed by atoms with Crippen molar-refractivity contribution in [3.05, 3.63) is 54.1 Å². The monoisotopic (exact) mass is 821 g/mol. The molecular weight excluding hydrogens is 770 g/mol. The molecule has 58 heavy (non-hydrogen) atoms. The third-order valence-electron chi connectivity index (χ3n) is 7.83. The molecule has 320 valence electrons. The van der Waals surface area contributed by atoms with Crippen molar-refractivity contribution in [1.29, 1.82) is 0 Å². The Balaban J connectivity index is 0.00000400. The van der Waals surface area contributed by atoms with E-state index in [-0.39, 0.29) is 12.8 Å². The average molecular weight is 822 g/mol. The Bertz CT molecular complexity index is 1700. The van der Waals surface area contributed by atoms with Gasteiger partial charge in [-0.25, -0.2) is 9.78 Å². The summed E-state index contributed by atoms with van der Waals surface area (Å²) in [5, 5.41) is 59.8. The van der Waals surface area contributed by atoms with Crippen molar-refractivity contribution >= 4 is 53.4 Å². The summed E-state index contributed by atoms with van der Waals surface area (Å²) in [5.74, 6) is -9.26. The van der Waals surface area contributed by atoms with Gasteiger partial charge in [0, 0.05) is 38.1 Å². The van der Waals surface area contributed by atoms with Gasteiger partial charge in [0.05, 0.1) is 31.1 Å². The smallest absolute Gasteiger partial charge is 0.328 e. The Morgan fingerprint density at radius 2 is 1.31 bits per heavy atom. The van der Waals surface area contributed by atoms with Crippen LogP contribution in [-0.4, -0.2) is 144 Å². The second-order valence-electron chi connectivity index (χ2n) is 12.9. The lowest BCUT2D eigenvalue weighted by atomic mass is 10.0. The summed E-state index contributed by atoms with van der Waals surface area (Å²) < 4.78 is 0. The number of aliphatic hydroxyl groups excluding tert-OH is 2. The minimum absolute atomic E-state index is 0.0875. The number of imidazole rings is 1. The number of aromatic nitrogens is 2. The van der Waals surface area contributed by atoms with Gasteiger partial charge in [0.2, 0.25) is 35.4 Å². The van der Waals surface area contributed by atoms with Gasteiger partial charge in [-0.1, -0.05) is 30.3 Å². The molecule has 1 aromatic heterocycles. The molecule has 2 aromatic rings. The lowest BCUT2D eigenvalue weighted by Gasteiger charge is -2.26. The van der Waals surface area contributed by atoms with E-state index >= 15 is 0 Å². The van der Waals surface area contributed by atoms with Gasteiger partial charge in [0.15, 0.2) is 6.04 Å². The first-order valence-electron chi connectivity index (χ1n) is 17.7. The predicted octanol–water partition coefficient (Wildman–Crippen LogP) is -4.12. The highest BCUT2D eigenvalue weighted by Crippen LogP contribution is 2.07.